The molecule has 2 rings (SSSR count). The van der Waals surface area contributed by atoms with Crippen molar-refractivity contribution in [3.8, 4) is 17.2 Å². The molecule has 0 atom stereocenters. The van der Waals surface area contributed by atoms with Crippen LogP contribution in [0.2, 0.25) is 0 Å². The van der Waals surface area contributed by atoms with Gasteiger partial charge in [-0.25, -0.2) is 0 Å². The number of phenolic OH excluding ortho intramolecular Hbond substituents is 1. The van der Waals surface area contributed by atoms with E-state index in [1.54, 1.807) is 24.3 Å². The Morgan fingerprint density at radius 3 is 2.44 bits per heavy atom. The van der Waals surface area contributed by atoms with Crippen LogP contribution in [-0.2, 0) is 0 Å². The van der Waals surface area contributed by atoms with Crippen molar-refractivity contribution in [1.29, 1.82) is 0 Å². The molecule has 0 saturated carbocycles. The van der Waals surface area contributed by atoms with Crippen LogP contribution in [0.3, 0.4) is 0 Å². The summed E-state index contributed by atoms with van der Waals surface area (Å²) in [4.78, 5) is 11.3. The Bertz CT molecular complexity index is 576. The normalized spacial score (nSPS) is 10.1. The number of ether oxygens (including phenoxy) is 1. The van der Waals surface area contributed by atoms with Crippen LogP contribution in [0.1, 0.15) is 15.9 Å². The highest BCUT2D eigenvalue weighted by atomic mass is 16.5. The van der Waals surface area contributed by atoms with Gasteiger partial charge in [0.15, 0.2) is 0 Å². The van der Waals surface area contributed by atoms with Gasteiger partial charge >= 0.3 is 0 Å². The van der Waals surface area contributed by atoms with Gasteiger partial charge in [-0.1, -0.05) is 11.6 Å². The molecule has 0 fully saturated rings. The number of benzene rings is 2. The fourth-order valence-electron chi connectivity index (χ4n) is 1.57. The molecule has 0 spiro atoms. The van der Waals surface area contributed by atoms with Crippen LogP contribution < -0.4 is 10.5 Å². The average molecular weight is 243 g/mol. The van der Waals surface area contributed by atoms with Crippen molar-refractivity contribution in [2.75, 3.05) is 0 Å². The predicted molar refractivity (Wildman–Crippen MR) is 67.9 cm³/mol. The lowest BCUT2D eigenvalue weighted by Gasteiger charge is -2.09. The fraction of sp³-hybridized carbons (Fsp3) is 0.0714. The predicted octanol–water partition coefficient (Wildman–Crippen LogP) is 2.59. The molecule has 92 valence electrons. The van der Waals surface area contributed by atoms with Crippen molar-refractivity contribution in [3.05, 3.63) is 53.6 Å². The maximum atomic E-state index is 11.3. The molecule has 4 heteroatoms. The third kappa shape index (κ3) is 2.60. The molecule has 0 aliphatic carbocycles. The summed E-state index contributed by atoms with van der Waals surface area (Å²) in [6.07, 6.45) is 0. The lowest BCUT2D eigenvalue weighted by Crippen LogP contribution is -2.12. The van der Waals surface area contributed by atoms with Gasteiger partial charge in [-0.3, -0.25) is 4.79 Å². The zero-order chi connectivity index (χ0) is 13.1. The number of hydrogen-bond acceptors (Lipinski definition) is 3. The number of primary amides is 1. The van der Waals surface area contributed by atoms with Crippen LogP contribution in [0.25, 0.3) is 0 Å². The molecule has 0 saturated heterocycles. The number of amides is 1. The second-order valence-electron chi connectivity index (χ2n) is 3.96. The summed E-state index contributed by atoms with van der Waals surface area (Å²) >= 11 is 0. The fourth-order valence-corrected chi connectivity index (χ4v) is 1.57. The van der Waals surface area contributed by atoms with E-state index in [2.05, 4.69) is 0 Å². The van der Waals surface area contributed by atoms with E-state index in [-0.39, 0.29) is 5.75 Å². The quantitative estimate of drug-likeness (QED) is 0.870. The zero-order valence-corrected chi connectivity index (χ0v) is 9.88. The van der Waals surface area contributed by atoms with Crippen molar-refractivity contribution < 1.29 is 14.6 Å². The van der Waals surface area contributed by atoms with E-state index >= 15 is 0 Å². The molecule has 18 heavy (non-hydrogen) atoms. The van der Waals surface area contributed by atoms with Gasteiger partial charge < -0.3 is 15.6 Å². The summed E-state index contributed by atoms with van der Waals surface area (Å²) in [5.41, 5.74) is 6.57. The first-order chi connectivity index (χ1) is 8.56. The Hall–Kier alpha value is -2.49. The topological polar surface area (TPSA) is 72.6 Å². The Morgan fingerprint density at radius 1 is 1.17 bits per heavy atom. The largest absolute Gasteiger partial charge is 0.508 e. The van der Waals surface area contributed by atoms with Crippen molar-refractivity contribution in [2.45, 2.75) is 6.92 Å². The summed E-state index contributed by atoms with van der Waals surface area (Å²) in [6.45, 7) is 1.87. The molecule has 0 heterocycles. The molecule has 0 aliphatic rings. The minimum atomic E-state index is -0.535. The zero-order valence-electron chi connectivity index (χ0n) is 9.88. The van der Waals surface area contributed by atoms with Crippen LogP contribution in [0, 0.1) is 6.92 Å². The summed E-state index contributed by atoms with van der Waals surface area (Å²) < 4.78 is 5.57. The molecule has 2 aromatic rings. The number of carbonyl (C=O) groups excluding carboxylic acids is 1. The van der Waals surface area contributed by atoms with Crippen molar-refractivity contribution in [3.63, 3.8) is 0 Å². The standard InChI is InChI=1S/C14H13NO3/c1-9-2-7-13(12(8-9)14(15)17)18-11-5-3-10(16)4-6-11/h2-8,16H,1H3,(H2,15,17). The molecule has 2 aromatic carbocycles. The van der Waals surface area contributed by atoms with E-state index in [0.29, 0.717) is 17.1 Å². The molecule has 4 nitrogen and oxygen atoms in total. The summed E-state index contributed by atoms with van der Waals surface area (Å²) in [6, 6.07) is 11.4. The van der Waals surface area contributed by atoms with Gasteiger partial charge in [0, 0.05) is 0 Å². The summed E-state index contributed by atoms with van der Waals surface area (Å²) in [5.74, 6) is 0.548. The van der Waals surface area contributed by atoms with Gasteiger partial charge in [-0.05, 0) is 43.3 Å². The van der Waals surface area contributed by atoms with Crippen molar-refractivity contribution >= 4 is 5.91 Å². The molecule has 1 amide bonds. The van der Waals surface area contributed by atoms with Crippen LogP contribution in [0.4, 0.5) is 0 Å². The first-order valence-electron chi connectivity index (χ1n) is 5.43. The Kier molecular flexibility index (Phi) is 3.19. The Labute approximate surface area is 105 Å². The van der Waals surface area contributed by atoms with Crippen LogP contribution in [0.15, 0.2) is 42.5 Å². The van der Waals surface area contributed by atoms with Crippen molar-refractivity contribution in [1.82, 2.24) is 0 Å². The molecule has 0 radical (unpaired) electrons. The lowest BCUT2D eigenvalue weighted by molar-refractivity contribution is 0.0998. The summed E-state index contributed by atoms with van der Waals surface area (Å²) in [7, 11) is 0. The third-order valence-corrected chi connectivity index (χ3v) is 2.47. The minimum absolute atomic E-state index is 0.154. The van der Waals surface area contributed by atoms with Gasteiger partial charge in [0.25, 0.3) is 5.91 Å². The smallest absolute Gasteiger partial charge is 0.252 e. The molecule has 0 aliphatic heterocycles. The number of carbonyl (C=O) groups is 1. The number of nitrogens with two attached hydrogens (primary N) is 1. The second-order valence-corrected chi connectivity index (χ2v) is 3.96. The average Bonchev–Trinajstić information content (AvgIpc) is 2.34. The number of aromatic hydroxyl groups is 1. The monoisotopic (exact) mass is 243 g/mol. The number of aryl methyl sites for hydroxylation is 1. The maximum Gasteiger partial charge on any atom is 0.252 e. The molecule has 3 N–H and O–H groups in total. The van der Waals surface area contributed by atoms with Gasteiger partial charge in [0.1, 0.15) is 17.2 Å². The number of hydrogen-bond donors (Lipinski definition) is 2. The van der Waals surface area contributed by atoms with Crippen LogP contribution in [0.5, 0.6) is 17.2 Å². The van der Waals surface area contributed by atoms with E-state index in [1.165, 1.54) is 12.1 Å². The van der Waals surface area contributed by atoms with Gasteiger partial charge in [-0.15, -0.1) is 0 Å². The minimum Gasteiger partial charge on any atom is -0.508 e. The Morgan fingerprint density at radius 2 is 1.83 bits per heavy atom. The molecule has 0 bridgehead atoms. The second kappa shape index (κ2) is 4.79. The van der Waals surface area contributed by atoms with Crippen LogP contribution >= 0.6 is 0 Å². The highest BCUT2D eigenvalue weighted by molar-refractivity contribution is 5.95. The first-order valence-corrected chi connectivity index (χ1v) is 5.43. The molecular weight excluding hydrogens is 230 g/mol. The van der Waals surface area contributed by atoms with Crippen LogP contribution in [-0.4, -0.2) is 11.0 Å². The van der Waals surface area contributed by atoms with E-state index in [0.717, 1.165) is 5.56 Å². The maximum absolute atomic E-state index is 11.3. The summed E-state index contributed by atoms with van der Waals surface area (Å²) in [5, 5.41) is 9.17. The van der Waals surface area contributed by atoms with E-state index in [9.17, 15) is 9.90 Å². The lowest BCUT2D eigenvalue weighted by atomic mass is 10.1. The Balaban J connectivity index is 2.34. The third-order valence-electron chi connectivity index (χ3n) is 2.47. The van der Waals surface area contributed by atoms with Crippen molar-refractivity contribution in [2.24, 2.45) is 5.73 Å². The molecule has 0 unspecified atom stereocenters. The number of rotatable bonds is 3. The van der Waals surface area contributed by atoms with E-state index in [4.69, 9.17) is 10.5 Å². The van der Waals surface area contributed by atoms with Gasteiger partial charge in [0.05, 0.1) is 5.56 Å². The number of phenols is 1. The van der Waals surface area contributed by atoms with E-state index < -0.39 is 5.91 Å². The first kappa shape index (κ1) is 12.0. The highest BCUT2D eigenvalue weighted by Gasteiger charge is 2.10. The van der Waals surface area contributed by atoms with Gasteiger partial charge in [-0.2, -0.15) is 0 Å². The SMILES string of the molecule is Cc1ccc(Oc2ccc(O)cc2)c(C(N)=O)c1. The molecule has 0 aromatic heterocycles. The highest BCUT2D eigenvalue weighted by Crippen LogP contribution is 2.27. The van der Waals surface area contributed by atoms with E-state index in [1.807, 2.05) is 13.0 Å². The van der Waals surface area contributed by atoms with Gasteiger partial charge in [0.2, 0.25) is 0 Å². The molecular formula is C14H13NO3.